The van der Waals surface area contributed by atoms with Crippen molar-refractivity contribution < 1.29 is 23.1 Å². The van der Waals surface area contributed by atoms with Gasteiger partial charge in [0, 0.05) is 25.1 Å². The van der Waals surface area contributed by atoms with Gasteiger partial charge in [0.1, 0.15) is 0 Å². The van der Waals surface area contributed by atoms with E-state index in [1.54, 1.807) is 12.1 Å². The molecular weight excluding hydrogens is 318 g/mol. The first-order chi connectivity index (χ1) is 10.9. The van der Waals surface area contributed by atoms with Gasteiger partial charge in [-0.3, -0.25) is 9.59 Å². The number of nitrogens with zero attached hydrogens (tertiary/aromatic N) is 1. The van der Waals surface area contributed by atoms with Crippen molar-refractivity contribution in [1.29, 1.82) is 0 Å². The van der Waals surface area contributed by atoms with Crippen molar-refractivity contribution in [1.82, 2.24) is 4.31 Å². The van der Waals surface area contributed by atoms with Crippen LogP contribution in [0.4, 0.5) is 0 Å². The van der Waals surface area contributed by atoms with E-state index in [9.17, 15) is 18.0 Å². The smallest absolute Gasteiger partial charge is 0.306 e. The monoisotopic (exact) mass is 337 g/mol. The standard InChI is InChI=1S/C16H19NO5S/c18-15-3-1-2-11-4-5-13(10-14(11)15)23(21,22)17-8-6-12(7-9-17)16(19)20/h4-5,10,12H,1-3,6-9H2,(H,19,20). The fraction of sp³-hybridized carbons (Fsp3) is 0.500. The van der Waals surface area contributed by atoms with E-state index in [-0.39, 0.29) is 23.8 Å². The Balaban J connectivity index is 1.85. The molecule has 6 nitrogen and oxygen atoms in total. The first-order valence-electron chi connectivity index (χ1n) is 7.78. The molecular formula is C16H19NO5S. The maximum Gasteiger partial charge on any atom is 0.306 e. The number of aryl methyl sites for hydroxylation is 1. The molecule has 1 heterocycles. The van der Waals surface area contributed by atoms with Gasteiger partial charge in [-0.15, -0.1) is 0 Å². The first kappa shape index (κ1) is 16.1. The number of rotatable bonds is 3. The number of benzene rings is 1. The zero-order chi connectivity index (χ0) is 16.6. The van der Waals surface area contributed by atoms with Gasteiger partial charge in [0.05, 0.1) is 10.8 Å². The summed E-state index contributed by atoms with van der Waals surface area (Å²) >= 11 is 0. The van der Waals surface area contributed by atoms with Crippen LogP contribution in [0.5, 0.6) is 0 Å². The minimum atomic E-state index is -3.68. The molecule has 1 saturated heterocycles. The number of carbonyl (C=O) groups excluding carboxylic acids is 1. The Morgan fingerprint density at radius 2 is 1.87 bits per heavy atom. The Morgan fingerprint density at radius 3 is 2.52 bits per heavy atom. The maximum absolute atomic E-state index is 12.7. The zero-order valence-corrected chi connectivity index (χ0v) is 13.5. The van der Waals surface area contributed by atoms with Crippen molar-refractivity contribution in [3.05, 3.63) is 29.3 Å². The van der Waals surface area contributed by atoms with E-state index in [1.165, 1.54) is 10.4 Å². The first-order valence-corrected chi connectivity index (χ1v) is 9.22. The van der Waals surface area contributed by atoms with Crippen LogP contribution in [-0.2, 0) is 21.2 Å². The summed E-state index contributed by atoms with van der Waals surface area (Å²) in [6.07, 6.45) is 2.70. The van der Waals surface area contributed by atoms with E-state index in [1.807, 2.05) is 0 Å². The van der Waals surface area contributed by atoms with E-state index in [4.69, 9.17) is 5.11 Å². The number of hydrogen-bond acceptors (Lipinski definition) is 4. The Hall–Kier alpha value is -1.73. The van der Waals surface area contributed by atoms with E-state index < -0.39 is 21.9 Å². The highest BCUT2D eigenvalue weighted by Gasteiger charge is 2.32. The highest BCUT2D eigenvalue weighted by molar-refractivity contribution is 7.89. The van der Waals surface area contributed by atoms with Gasteiger partial charge in [-0.2, -0.15) is 4.31 Å². The molecule has 0 aromatic heterocycles. The third-order valence-corrected chi connectivity index (χ3v) is 6.57. The van der Waals surface area contributed by atoms with Crippen LogP contribution in [-0.4, -0.2) is 42.7 Å². The molecule has 2 aliphatic rings. The summed E-state index contributed by atoms with van der Waals surface area (Å²) in [7, 11) is -3.68. The highest BCUT2D eigenvalue weighted by atomic mass is 32.2. The predicted molar refractivity (Wildman–Crippen MR) is 82.8 cm³/mol. The molecule has 1 N–H and O–H groups in total. The summed E-state index contributed by atoms with van der Waals surface area (Å²) < 4.78 is 26.8. The number of fused-ring (bicyclic) bond motifs is 1. The number of Topliss-reactive ketones (excluding diaryl/α,β-unsaturated/α-hetero) is 1. The minimum Gasteiger partial charge on any atom is -0.481 e. The van der Waals surface area contributed by atoms with Crippen LogP contribution in [0.3, 0.4) is 0 Å². The number of aliphatic carboxylic acids is 1. The van der Waals surface area contributed by atoms with E-state index in [2.05, 4.69) is 0 Å². The lowest BCUT2D eigenvalue weighted by Gasteiger charge is -2.29. The van der Waals surface area contributed by atoms with Crippen molar-refractivity contribution in [2.24, 2.45) is 5.92 Å². The summed E-state index contributed by atoms with van der Waals surface area (Å²) in [6, 6.07) is 4.76. The summed E-state index contributed by atoms with van der Waals surface area (Å²) in [5.41, 5.74) is 1.42. The van der Waals surface area contributed by atoms with E-state index in [0.29, 0.717) is 24.8 Å². The van der Waals surface area contributed by atoms with E-state index >= 15 is 0 Å². The normalized spacial score (nSPS) is 20.3. The molecule has 1 fully saturated rings. The van der Waals surface area contributed by atoms with Crippen molar-refractivity contribution in [3.63, 3.8) is 0 Å². The maximum atomic E-state index is 12.7. The fourth-order valence-corrected chi connectivity index (χ4v) is 4.76. The molecule has 1 aliphatic heterocycles. The Morgan fingerprint density at radius 1 is 1.17 bits per heavy atom. The number of carboxylic acid groups (broad SMARTS) is 1. The lowest BCUT2D eigenvalue weighted by Crippen LogP contribution is -2.40. The van der Waals surface area contributed by atoms with Crippen molar-refractivity contribution >= 4 is 21.8 Å². The average molecular weight is 337 g/mol. The van der Waals surface area contributed by atoms with Crippen molar-refractivity contribution in [2.45, 2.75) is 37.0 Å². The molecule has 0 unspecified atom stereocenters. The summed E-state index contributed by atoms with van der Waals surface area (Å²) in [4.78, 5) is 23.1. The molecule has 7 heteroatoms. The summed E-state index contributed by atoms with van der Waals surface area (Å²) in [6.45, 7) is 0.397. The quantitative estimate of drug-likeness (QED) is 0.906. The second kappa shape index (κ2) is 6.05. The van der Waals surface area contributed by atoms with E-state index in [0.717, 1.165) is 18.4 Å². The van der Waals surface area contributed by atoms with Gasteiger partial charge in [-0.1, -0.05) is 6.07 Å². The second-order valence-corrected chi connectivity index (χ2v) is 8.05. The van der Waals surface area contributed by atoms with Gasteiger partial charge in [-0.05, 0) is 43.4 Å². The number of piperidine rings is 1. The summed E-state index contributed by atoms with van der Waals surface area (Å²) in [5.74, 6) is -1.36. The van der Waals surface area contributed by atoms with Gasteiger partial charge < -0.3 is 5.11 Å². The molecule has 1 aromatic carbocycles. The van der Waals surface area contributed by atoms with Gasteiger partial charge in [0.25, 0.3) is 0 Å². The lowest BCUT2D eigenvalue weighted by molar-refractivity contribution is -0.142. The van der Waals surface area contributed by atoms with Crippen LogP contribution in [0.1, 0.15) is 41.6 Å². The van der Waals surface area contributed by atoms with Crippen LogP contribution < -0.4 is 0 Å². The molecule has 0 saturated carbocycles. The summed E-state index contributed by atoms with van der Waals surface area (Å²) in [5, 5.41) is 9.00. The van der Waals surface area contributed by atoms with Crippen LogP contribution >= 0.6 is 0 Å². The van der Waals surface area contributed by atoms with Crippen molar-refractivity contribution in [2.75, 3.05) is 13.1 Å². The highest BCUT2D eigenvalue weighted by Crippen LogP contribution is 2.28. The van der Waals surface area contributed by atoms with Crippen LogP contribution in [0.15, 0.2) is 23.1 Å². The molecule has 0 radical (unpaired) electrons. The molecule has 0 bridgehead atoms. The van der Waals surface area contributed by atoms with Crippen LogP contribution in [0.25, 0.3) is 0 Å². The molecule has 0 amide bonds. The topological polar surface area (TPSA) is 91.8 Å². The number of carboxylic acids is 1. The average Bonchev–Trinajstić information content (AvgIpc) is 2.55. The zero-order valence-electron chi connectivity index (χ0n) is 12.7. The number of ketones is 1. The lowest BCUT2D eigenvalue weighted by atomic mass is 9.91. The van der Waals surface area contributed by atoms with Gasteiger partial charge in [0.15, 0.2) is 5.78 Å². The number of sulfonamides is 1. The van der Waals surface area contributed by atoms with Gasteiger partial charge in [0.2, 0.25) is 10.0 Å². The third-order valence-electron chi connectivity index (χ3n) is 4.67. The van der Waals surface area contributed by atoms with Gasteiger partial charge >= 0.3 is 5.97 Å². The molecule has 0 atom stereocenters. The fourth-order valence-electron chi connectivity index (χ4n) is 3.26. The third kappa shape index (κ3) is 3.03. The molecule has 1 aromatic rings. The van der Waals surface area contributed by atoms with Crippen LogP contribution in [0, 0.1) is 5.92 Å². The number of hydrogen-bond donors (Lipinski definition) is 1. The second-order valence-electron chi connectivity index (χ2n) is 6.11. The largest absolute Gasteiger partial charge is 0.481 e. The minimum absolute atomic E-state index is 0.00659. The van der Waals surface area contributed by atoms with Gasteiger partial charge in [-0.25, -0.2) is 8.42 Å². The van der Waals surface area contributed by atoms with Crippen molar-refractivity contribution in [3.8, 4) is 0 Å². The Bertz CT molecular complexity index is 748. The molecule has 124 valence electrons. The van der Waals surface area contributed by atoms with Crippen LogP contribution in [0.2, 0.25) is 0 Å². The Labute approximate surface area is 135 Å². The Kier molecular flexibility index (Phi) is 4.25. The molecule has 1 aliphatic carbocycles. The molecule has 0 spiro atoms. The molecule has 23 heavy (non-hydrogen) atoms. The SMILES string of the molecule is O=C1CCCc2ccc(S(=O)(=O)N3CCC(C(=O)O)CC3)cc21. The number of carbonyl (C=O) groups is 2. The molecule has 3 rings (SSSR count). The predicted octanol–water partition coefficient (Wildman–Crippen LogP) is 1.69.